The highest BCUT2D eigenvalue weighted by Crippen LogP contribution is 2.67. The Labute approximate surface area is 157 Å². The molecule has 5 unspecified atom stereocenters. The van der Waals surface area contributed by atoms with E-state index >= 15 is 0 Å². The van der Waals surface area contributed by atoms with Gasteiger partial charge >= 0.3 is 0 Å². The van der Waals surface area contributed by atoms with Gasteiger partial charge in [-0.05, 0) is 75.0 Å². The first-order valence-corrected chi connectivity index (χ1v) is 11.0. The van der Waals surface area contributed by atoms with Crippen LogP contribution in [-0.4, -0.2) is 18.2 Å². The molecule has 1 heterocycles. The van der Waals surface area contributed by atoms with Crippen LogP contribution >= 0.6 is 0 Å². The van der Waals surface area contributed by atoms with Gasteiger partial charge in [0.1, 0.15) is 0 Å². The number of nitrogens with zero attached hydrogens (tertiary/aromatic N) is 1. The molecule has 4 aliphatic carbocycles. The largest absolute Gasteiger partial charge is 0.366 e. The van der Waals surface area contributed by atoms with Crippen molar-refractivity contribution in [3.05, 3.63) is 28.2 Å². The molecule has 5 rings (SSSR count). The van der Waals surface area contributed by atoms with Crippen LogP contribution < -0.4 is 0 Å². The summed E-state index contributed by atoms with van der Waals surface area (Å²) in [6.45, 7) is 5.73. The lowest BCUT2D eigenvalue weighted by molar-refractivity contribution is -0.108. The van der Waals surface area contributed by atoms with Crippen molar-refractivity contribution in [2.45, 2.75) is 83.3 Å². The maximum absolute atomic E-state index is 11.1. The van der Waals surface area contributed by atoms with Gasteiger partial charge in [0.25, 0.3) is 0 Å². The van der Waals surface area contributed by atoms with Crippen molar-refractivity contribution >= 4 is 0 Å². The van der Waals surface area contributed by atoms with E-state index in [1.54, 1.807) is 11.1 Å². The zero-order chi connectivity index (χ0) is 17.9. The van der Waals surface area contributed by atoms with Gasteiger partial charge < -0.3 is 4.74 Å². The van der Waals surface area contributed by atoms with Crippen LogP contribution in [0.2, 0.25) is 0 Å². The van der Waals surface area contributed by atoms with Crippen LogP contribution in [0.25, 0.3) is 0 Å². The Bertz CT molecular complexity index is 667. The molecule has 2 saturated carbocycles. The van der Waals surface area contributed by atoms with Crippen molar-refractivity contribution in [2.75, 3.05) is 6.61 Å². The van der Waals surface area contributed by atoms with Gasteiger partial charge in [0, 0.05) is 5.41 Å². The smallest absolute Gasteiger partial charge is 0.0959 e. The third kappa shape index (κ3) is 2.16. The predicted molar refractivity (Wildman–Crippen MR) is 104 cm³/mol. The van der Waals surface area contributed by atoms with Crippen molar-refractivity contribution in [2.24, 2.45) is 34.3 Å². The van der Waals surface area contributed by atoms with Gasteiger partial charge in [0.05, 0.1) is 18.2 Å². The van der Waals surface area contributed by atoms with Crippen LogP contribution in [0.3, 0.4) is 0 Å². The van der Waals surface area contributed by atoms with Crippen LogP contribution in [0, 0.1) is 34.0 Å². The first-order valence-electron chi connectivity index (χ1n) is 11.0. The maximum atomic E-state index is 11.1. The molecule has 0 saturated heterocycles. The third-order valence-corrected chi connectivity index (χ3v) is 9.20. The number of allylic oxidation sites excluding steroid dienone is 1. The average molecular weight is 356 g/mol. The third-order valence-electron chi connectivity index (χ3n) is 9.20. The molecule has 5 aliphatic rings. The van der Waals surface area contributed by atoms with E-state index < -0.39 is 0 Å². The minimum atomic E-state index is 0.0225. The monoisotopic (exact) mass is 355 g/mol. The molecule has 3 heteroatoms. The van der Waals surface area contributed by atoms with E-state index in [-0.39, 0.29) is 11.6 Å². The van der Waals surface area contributed by atoms with Crippen LogP contribution in [0.4, 0.5) is 0 Å². The summed E-state index contributed by atoms with van der Waals surface area (Å²) >= 11 is 0. The molecular weight excluding hydrogens is 322 g/mol. The lowest BCUT2D eigenvalue weighted by atomic mass is 9.49. The van der Waals surface area contributed by atoms with Crippen LogP contribution in [0.15, 0.2) is 28.5 Å². The quantitative estimate of drug-likeness (QED) is 0.464. The van der Waals surface area contributed by atoms with Crippen molar-refractivity contribution in [1.29, 1.82) is 0 Å². The molecule has 1 aliphatic heterocycles. The van der Waals surface area contributed by atoms with Gasteiger partial charge in [-0.2, -0.15) is 4.91 Å². The highest BCUT2D eigenvalue weighted by Gasteiger charge is 2.63. The Morgan fingerprint density at radius 1 is 1.23 bits per heavy atom. The van der Waals surface area contributed by atoms with Gasteiger partial charge in [0.2, 0.25) is 0 Å². The summed E-state index contributed by atoms with van der Waals surface area (Å²) in [5, 5.41) is 3.40. The minimum Gasteiger partial charge on any atom is -0.366 e. The topological polar surface area (TPSA) is 38.7 Å². The van der Waals surface area contributed by atoms with Crippen molar-refractivity contribution < 1.29 is 4.74 Å². The summed E-state index contributed by atoms with van der Waals surface area (Å²) in [5.74, 6) is 3.18. The van der Waals surface area contributed by atoms with Crippen LogP contribution in [-0.2, 0) is 4.74 Å². The van der Waals surface area contributed by atoms with E-state index in [1.807, 2.05) is 0 Å². The van der Waals surface area contributed by atoms with E-state index in [4.69, 9.17) is 4.74 Å². The number of fused-ring (bicyclic) bond motifs is 5. The van der Waals surface area contributed by atoms with Crippen LogP contribution in [0.5, 0.6) is 0 Å². The summed E-state index contributed by atoms with van der Waals surface area (Å²) in [6, 6.07) is 0.0449. The predicted octanol–water partition coefficient (Wildman–Crippen LogP) is 5.80. The molecule has 0 radical (unpaired) electrons. The molecule has 0 aromatic heterocycles. The van der Waals surface area contributed by atoms with Crippen molar-refractivity contribution in [1.82, 2.24) is 0 Å². The number of hydrogen-bond donors (Lipinski definition) is 0. The summed E-state index contributed by atoms with van der Waals surface area (Å²) in [7, 11) is 0. The molecular formula is C23H33NO2. The Balaban J connectivity index is 1.51. The minimum absolute atomic E-state index is 0.0225. The summed E-state index contributed by atoms with van der Waals surface area (Å²) in [5.41, 5.74) is 3.72. The molecule has 142 valence electrons. The first-order chi connectivity index (χ1) is 12.6. The molecule has 0 aromatic rings. The van der Waals surface area contributed by atoms with E-state index in [1.165, 1.54) is 38.5 Å². The summed E-state index contributed by atoms with van der Waals surface area (Å²) in [4.78, 5) is 11.1. The molecule has 3 nitrogen and oxygen atoms in total. The lowest BCUT2D eigenvalue weighted by Gasteiger charge is -2.56. The molecule has 1 spiro atoms. The van der Waals surface area contributed by atoms with Crippen molar-refractivity contribution in [3.63, 3.8) is 0 Å². The maximum Gasteiger partial charge on any atom is 0.0959 e. The van der Waals surface area contributed by atoms with E-state index in [0.29, 0.717) is 5.41 Å². The first kappa shape index (κ1) is 17.2. The highest BCUT2D eigenvalue weighted by atomic mass is 16.5. The Hall–Kier alpha value is -0.960. The van der Waals surface area contributed by atoms with Gasteiger partial charge in [-0.15, -0.1) is 0 Å². The second-order valence-electron chi connectivity index (χ2n) is 9.89. The number of hydrogen-bond acceptors (Lipinski definition) is 3. The van der Waals surface area contributed by atoms with Gasteiger partial charge in [-0.25, -0.2) is 0 Å². The summed E-state index contributed by atoms with van der Waals surface area (Å²) < 4.78 is 6.39. The Kier molecular flexibility index (Phi) is 3.97. The van der Waals surface area contributed by atoms with E-state index in [0.717, 1.165) is 49.5 Å². The lowest BCUT2D eigenvalue weighted by Crippen LogP contribution is -2.52. The van der Waals surface area contributed by atoms with Gasteiger partial charge in [0.15, 0.2) is 0 Å². The number of ether oxygens (including phenoxy) is 1. The van der Waals surface area contributed by atoms with Crippen LogP contribution in [0.1, 0.15) is 71.6 Å². The second kappa shape index (κ2) is 6.02. The fourth-order valence-electron chi connectivity index (χ4n) is 7.93. The second-order valence-corrected chi connectivity index (χ2v) is 9.89. The van der Waals surface area contributed by atoms with E-state index in [2.05, 4.69) is 31.2 Å². The SMILES string of the molecule is CCC1CC2=C(CCC(N=O)C2)C2CC[C@@]3(C)C(CC[C@@]34C=CCO4)C12. The molecule has 0 N–H and O–H groups in total. The fourth-order valence-corrected chi connectivity index (χ4v) is 7.93. The summed E-state index contributed by atoms with van der Waals surface area (Å²) in [6.07, 6.45) is 15.4. The highest BCUT2D eigenvalue weighted by molar-refractivity contribution is 5.31. The molecule has 7 atom stereocenters. The van der Waals surface area contributed by atoms with E-state index in [9.17, 15) is 4.91 Å². The normalized spacial score (nSPS) is 49.8. The number of rotatable bonds is 2. The molecule has 0 aromatic carbocycles. The fraction of sp³-hybridized carbons (Fsp3) is 0.826. The number of nitroso groups, excluding NO2 is 1. The van der Waals surface area contributed by atoms with Gasteiger partial charge in [-0.1, -0.05) is 48.7 Å². The molecule has 26 heavy (non-hydrogen) atoms. The zero-order valence-corrected chi connectivity index (χ0v) is 16.4. The Morgan fingerprint density at radius 2 is 2.12 bits per heavy atom. The average Bonchev–Trinajstić information content (AvgIpc) is 3.26. The molecule has 2 fully saturated rings. The van der Waals surface area contributed by atoms with Crippen molar-refractivity contribution in [3.8, 4) is 0 Å². The Morgan fingerprint density at radius 3 is 2.85 bits per heavy atom. The standard InChI is InChI=1S/C23H33NO2/c1-3-15-13-16-14-17(24-25)5-6-18(16)19-7-10-22(2)20(21(15)19)8-11-23(22)9-4-12-26-23/h4,9,15,17,19-21H,3,5-8,10-14H2,1-2H3/t15?,17?,19?,20?,21?,22-,23-/m0/s1. The molecule has 0 amide bonds. The van der Waals surface area contributed by atoms with Gasteiger partial charge in [-0.3, -0.25) is 0 Å². The zero-order valence-electron chi connectivity index (χ0n) is 16.4. The molecule has 0 bridgehead atoms.